The van der Waals surface area contributed by atoms with Gasteiger partial charge in [0.25, 0.3) is 5.91 Å². The Morgan fingerprint density at radius 2 is 1.67 bits per heavy atom. The smallest absolute Gasteiger partial charge is 0.329 e. The summed E-state index contributed by atoms with van der Waals surface area (Å²) in [5.74, 6) is -1.67. The molecule has 21 heavy (non-hydrogen) atoms. The third-order valence-corrected chi connectivity index (χ3v) is 2.59. The van der Waals surface area contributed by atoms with Crippen molar-refractivity contribution in [3.05, 3.63) is 35.9 Å². The Bertz CT molecular complexity index is 486. The van der Waals surface area contributed by atoms with Crippen LogP contribution in [0.2, 0.25) is 0 Å². The SMILES string of the molecule is CCOC(=O)CC(NC(=O)c1ccccc1)C(=O)OCC. The van der Waals surface area contributed by atoms with Gasteiger partial charge in [0.15, 0.2) is 0 Å². The normalized spacial score (nSPS) is 11.3. The third kappa shape index (κ3) is 5.64. The van der Waals surface area contributed by atoms with Crippen molar-refractivity contribution in [2.24, 2.45) is 0 Å². The molecule has 0 aromatic heterocycles. The lowest BCUT2D eigenvalue weighted by Gasteiger charge is -2.16. The Morgan fingerprint density at radius 1 is 1.05 bits per heavy atom. The lowest BCUT2D eigenvalue weighted by atomic mass is 10.1. The quantitative estimate of drug-likeness (QED) is 0.766. The number of esters is 2. The zero-order valence-electron chi connectivity index (χ0n) is 12.1. The van der Waals surface area contributed by atoms with Crippen molar-refractivity contribution in [3.8, 4) is 0 Å². The minimum absolute atomic E-state index is 0.166. The summed E-state index contributed by atoms with van der Waals surface area (Å²) in [6, 6.07) is 7.36. The van der Waals surface area contributed by atoms with Crippen molar-refractivity contribution in [2.45, 2.75) is 26.3 Å². The Balaban J connectivity index is 2.74. The molecular weight excluding hydrogens is 274 g/mol. The summed E-state index contributed by atoms with van der Waals surface area (Å²) in [6.45, 7) is 3.69. The lowest BCUT2D eigenvalue weighted by molar-refractivity contribution is -0.152. The van der Waals surface area contributed by atoms with Crippen LogP contribution in [0.25, 0.3) is 0 Å². The molecule has 1 rings (SSSR count). The molecule has 1 atom stereocenters. The summed E-state index contributed by atoms with van der Waals surface area (Å²) >= 11 is 0. The number of carbonyl (C=O) groups excluding carboxylic acids is 3. The predicted octanol–water partition coefficient (Wildman–Crippen LogP) is 1.30. The van der Waals surface area contributed by atoms with Gasteiger partial charge in [-0.3, -0.25) is 9.59 Å². The summed E-state index contributed by atoms with van der Waals surface area (Å²) in [4.78, 5) is 35.3. The van der Waals surface area contributed by atoms with E-state index < -0.39 is 23.9 Å². The molecule has 0 fully saturated rings. The Morgan fingerprint density at radius 3 is 2.24 bits per heavy atom. The van der Waals surface area contributed by atoms with Crippen LogP contribution in [0.3, 0.4) is 0 Å². The maximum absolute atomic E-state index is 12.0. The molecule has 0 aliphatic rings. The molecular formula is C15H19NO5. The molecule has 6 heteroatoms. The summed E-state index contributed by atoms with van der Waals surface area (Å²) in [6.07, 6.45) is -0.259. The summed E-state index contributed by atoms with van der Waals surface area (Å²) in [5.41, 5.74) is 0.399. The van der Waals surface area contributed by atoms with Crippen molar-refractivity contribution in [1.29, 1.82) is 0 Å². The zero-order valence-corrected chi connectivity index (χ0v) is 12.1. The number of hydrogen-bond acceptors (Lipinski definition) is 5. The Labute approximate surface area is 123 Å². The molecule has 114 valence electrons. The summed E-state index contributed by atoms with van der Waals surface area (Å²) in [5, 5.41) is 2.49. The molecule has 1 unspecified atom stereocenters. The minimum Gasteiger partial charge on any atom is -0.466 e. The molecule has 0 heterocycles. The highest BCUT2D eigenvalue weighted by Crippen LogP contribution is 2.03. The van der Waals surface area contributed by atoms with Gasteiger partial charge in [0.1, 0.15) is 6.04 Å². The van der Waals surface area contributed by atoms with Gasteiger partial charge in [0, 0.05) is 5.56 Å². The molecule has 1 aromatic carbocycles. The second-order valence-corrected chi connectivity index (χ2v) is 4.15. The number of ether oxygens (including phenoxy) is 2. The van der Waals surface area contributed by atoms with Crippen LogP contribution in [-0.4, -0.2) is 37.1 Å². The van der Waals surface area contributed by atoms with Gasteiger partial charge < -0.3 is 14.8 Å². The van der Waals surface area contributed by atoms with E-state index in [-0.39, 0.29) is 19.6 Å². The number of benzene rings is 1. The van der Waals surface area contributed by atoms with Crippen molar-refractivity contribution in [1.82, 2.24) is 5.32 Å². The molecule has 0 bridgehead atoms. The van der Waals surface area contributed by atoms with Gasteiger partial charge in [-0.25, -0.2) is 4.79 Å². The molecule has 0 aliphatic carbocycles. The fourth-order valence-electron chi connectivity index (χ4n) is 1.65. The standard InChI is InChI=1S/C15H19NO5/c1-3-20-13(17)10-12(15(19)21-4-2)16-14(18)11-8-6-5-7-9-11/h5-9,12H,3-4,10H2,1-2H3,(H,16,18). The van der Waals surface area contributed by atoms with E-state index in [4.69, 9.17) is 9.47 Å². The number of nitrogens with one attached hydrogen (secondary N) is 1. The third-order valence-electron chi connectivity index (χ3n) is 2.59. The first-order chi connectivity index (χ1) is 10.1. The van der Waals surface area contributed by atoms with E-state index >= 15 is 0 Å². The first-order valence-electron chi connectivity index (χ1n) is 6.76. The number of carbonyl (C=O) groups is 3. The van der Waals surface area contributed by atoms with Gasteiger partial charge in [0.05, 0.1) is 19.6 Å². The van der Waals surface area contributed by atoms with Crippen LogP contribution in [0.1, 0.15) is 30.6 Å². The largest absolute Gasteiger partial charge is 0.466 e. The van der Waals surface area contributed by atoms with Crippen LogP contribution in [0.5, 0.6) is 0 Å². The highest BCUT2D eigenvalue weighted by molar-refractivity contribution is 5.97. The summed E-state index contributed by atoms with van der Waals surface area (Å²) in [7, 11) is 0. The molecule has 0 spiro atoms. The van der Waals surface area contributed by atoms with Gasteiger partial charge in [-0.1, -0.05) is 18.2 Å². The predicted molar refractivity (Wildman–Crippen MR) is 75.6 cm³/mol. The van der Waals surface area contributed by atoms with Gasteiger partial charge >= 0.3 is 11.9 Å². The first-order valence-corrected chi connectivity index (χ1v) is 6.76. The molecule has 1 aromatic rings. The molecule has 0 saturated carbocycles. The van der Waals surface area contributed by atoms with Crippen molar-refractivity contribution < 1.29 is 23.9 Å². The van der Waals surface area contributed by atoms with E-state index in [9.17, 15) is 14.4 Å². The average molecular weight is 293 g/mol. The van der Waals surface area contributed by atoms with Crippen LogP contribution in [0, 0.1) is 0 Å². The van der Waals surface area contributed by atoms with Crippen LogP contribution < -0.4 is 5.32 Å². The van der Waals surface area contributed by atoms with Crippen molar-refractivity contribution in [2.75, 3.05) is 13.2 Å². The second-order valence-electron chi connectivity index (χ2n) is 4.15. The van der Waals surface area contributed by atoms with E-state index in [1.54, 1.807) is 44.2 Å². The van der Waals surface area contributed by atoms with Crippen molar-refractivity contribution in [3.63, 3.8) is 0 Å². The van der Waals surface area contributed by atoms with Gasteiger partial charge in [0.2, 0.25) is 0 Å². The van der Waals surface area contributed by atoms with E-state index in [0.717, 1.165) is 0 Å². The van der Waals surface area contributed by atoms with Crippen LogP contribution in [-0.2, 0) is 19.1 Å². The van der Waals surface area contributed by atoms with Crippen molar-refractivity contribution >= 4 is 17.8 Å². The molecule has 6 nitrogen and oxygen atoms in total. The van der Waals surface area contributed by atoms with E-state index in [1.807, 2.05) is 0 Å². The fourth-order valence-corrected chi connectivity index (χ4v) is 1.65. The summed E-state index contributed by atoms with van der Waals surface area (Å²) < 4.78 is 9.65. The first kappa shape index (κ1) is 16.7. The molecule has 1 amide bonds. The monoisotopic (exact) mass is 293 g/mol. The van der Waals surface area contributed by atoms with E-state index in [2.05, 4.69) is 5.32 Å². The van der Waals surface area contributed by atoms with Gasteiger partial charge in [-0.2, -0.15) is 0 Å². The maximum Gasteiger partial charge on any atom is 0.329 e. The average Bonchev–Trinajstić information content (AvgIpc) is 2.48. The second kappa shape index (κ2) is 8.73. The van der Waals surface area contributed by atoms with Gasteiger partial charge in [-0.05, 0) is 26.0 Å². The topological polar surface area (TPSA) is 81.7 Å². The minimum atomic E-state index is -1.06. The molecule has 0 aliphatic heterocycles. The van der Waals surface area contributed by atoms with E-state index in [0.29, 0.717) is 5.56 Å². The van der Waals surface area contributed by atoms with Gasteiger partial charge in [-0.15, -0.1) is 0 Å². The van der Waals surface area contributed by atoms with Crippen LogP contribution >= 0.6 is 0 Å². The molecule has 1 N–H and O–H groups in total. The highest BCUT2D eigenvalue weighted by Gasteiger charge is 2.26. The Hall–Kier alpha value is -2.37. The highest BCUT2D eigenvalue weighted by atomic mass is 16.5. The molecule has 0 radical (unpaired) electrons. The number of amides is 1. The van der Waals surface area contributed by atoms with Crippen LogP contribution in [0.4, 0.5) is 0 Å². The van der Waals surface area contributed by atoms with Crippen LogP contribution in [0.15, 0.2) is 30.3 Å². The number of rotatable bonds is 7. The van der Waals surface area contributed by atoms with E-state index in [1.165, 1.54) is 0 Å². The lowest BCUT2D eigenvalue weighted by Crippen LogP contribution is -2.43. The molecule has 0 saturated heterocycles. The fraction of sp³-hybridized carbons (Fsp3) is 0.400. The number of hydrogen-bond donors (Lipinski definition) is 1. The zero-order chi connectivity index (χ0) is 15.7. The maximum atomic E-state index is 12.0. The Kier molecular flexibility index (Phi) is 6.94.